The number of amides is 2. The summed E-state index contributed by atoms with van der Waals surface area (Å²) in [7, 11) is -1.07. The summed E-state index contributed by atoms with van der Waals surface area (Å²) >= 11 is 6.01. The fraction of sp³-hybridized carbons (Fsp3) is 0.176. The largest absolute Gasteiger partial charge is 0.326 e. The van der Waals surface area contributed by atoms with E-state index in [0.717, 1.165) is 16.4 Å². The highest BCUT2D eigenvalue weighted by Crippen LogP contribution is 2.25. The van der Waals surface area contributed by atoms with E-state index in [4.69, 9.17) is 11.6 Å². The normalized spacial score (nSPS) is 11.3. The molecule has 0 bridgehead atoms. The lowest BCUT2D eigenvalue weighted by Gasteiger charge is -2.14. The lowest BCUT2D eigenvalue weighted by Crippen LogP contribution is -2.23. The summed E-state index contributed by atoms with van der Waals surface area (Å²) in [6, 6.07) is 7.31. The summed E-state index contributed by atoms with van der Waals surface area (Å²) in [4.78, 5) is 23.5. The predicted octanol–water partition coefficient (Wildman–Crippen LogP) is 2.94. The molecule has 2 aromatic carbocycles. The Morgan fingerprint density at radius 2 is 1.74 bits per heavy atom. The maximum atomic E-state index is 14.0. The van der Waals surface area contributed by atoms with Gasteiger partial charge in [-0.2, -0.15) is 0 Å². The molecule has 0 aliphatic carbocycles. The monoisotopic (exact) mass is 413 g/mol. The molecule has 0 radical (unpaired) electrons. The van der Waals surface area contributed by atoms with Gasteiger partial charge >= 0.3 is 0 Å². The number of carbonyl (C=O) groups excluding carboxylic acids is 2. The van der Waals surface area contributed by atoms with Gasteiger partial charge in [-0.1, -0.05) is 11.6 Å². The zero-order chi connectivity index (χ0) is 20.4. The van der Waals surface area contributed by atoms with Crippen LogP contribution >= 0.6 is 11.6 Å². The number of hydrogen-bond donors (Lipinski definition) is 2. The number of rotatable bonds is 5. The van der Waals surface area contributed by atoms with Gasteiger partial charge in [-0.15, -0.1) is 0 Å². The highest BCUT2D eigenvalue weighted by atomic mass is 35.5. The molecule has 0 unspecified atom stereocenters. The fourth-order valence-corrected chi connectivity index (χ4v) is 3.27. The minimum absolute atomic E-state index is 0.00336. The van der Waals surface area contributed by atoms with Gasteiger partial charge < -0.3 is 10.6 Å². The molecule has 0 heterocycles. The van der Waals surface area contributed by atoms with Crippen molar-refractivity contribution in [3.63, 3.8) is 0 Å². The van der Waals surface area contributed by atoms with Crippen molar-refractivity contribution in [1.82, 2.24) is 4.31 Å². The number of anilines is 2. The van der Waals surface area contributed by atoms with Crippen LogP contribution in [-0.2, 0) is 14.8 Å². The van der Waals surface area contributed by atoms with Gasteiger partial charge in [-0.05, 0) is 36.4 Å². The highest BCUT2D eigenvalue weighted by molar-refractivity contribution is 7.89. The first kappa shape index (κ1) is 20.8. The molecule has 0 aliphatic rings. The van der Waals surface area contributed by atoms with Crippen LogP contribution in [0.4, 0.5) is 15.8 Å². The van der Waals surface area contributed by atoms with E-state index in [2.05, 4.69) is 10.6 Å². The third-order valence-electron chi connectivity index (χ3n) is 3.50. The van der Waals surface area contributed by atoms with E-state index in [1.807, 2.05) is 0 Å². The number of hydrogen-bond acceptors (Lipinski definition) is 4. The van der Waals surface area contributed by atoms with Gasteiger partial charge in [-0.25, -0.2) is 17.1 Å². The Morgan fingerprint density at radius 3 is 2.33 bits per heavy atom. The molecule has 0 fully saturated rings. The lowest BCUT2D eigenvalue weighted by atomic mass is 10.2. The minimum atomic E-state index is -3.78. The highest BCUT2D eigenvalue weighted by Gasteiger charge is 2.21. The van der Waals surface area contributed by atoms with E-state index in [0.29, 0.717) is 0 Å². The number of nitrogens with zero attached hydrogens (tertiary/aromatic N) is 1. The van der Waals surface area contributed by atoms with Crippen LogP contribution in [0.15, 0.2) is 41.3 Å². The van der Waals surface area contributed by atoms with Gasteiger partial charge in [0.25, 0.3) is 5.91 Å². The smallest absolute Gasteiger partial charge is 0.257 e. The van der Waals surface area contributed by atoms with Gasteiger partial charge in [-0.3, -0.25) is 9.59 Å². The summed E-state index contributed by atoms with van der Waals surface area (Å²) in [5.74, 6) is -1.89. The van der Waals surface area contributed by atoms with Crippen LogP contribution in [0.25, 0.3) is 0 Å². The topological polar surface area (TPSA) is 95.6 Å². The zero-order valence-electron chi connectivity index (χ0n) is 14.7. The molecule has 2 aromatic rings. The number of benzene rings is 2. The molecule has 0 aromatic heterocycles. The first-order valence-corrected chi connectivity index (χ1v) is 9.44. The number of nitrogens with one attached hydrogen (secondary N) is 2. The van der Waals surface area contributed by atoms with E-state index in [1.165, 1.54) is 45.3 Å². The SMILES string of the molecule is CC(=O)Nc1ccc(F)c(NC(=O)c2cc(S(=O)(=O)N(C)C)ccc2Cl)c1. The molecular weight excluding hydrogens is 397 g/mol. The van der Waals surface area contributed by atoms with Crippen LogP contribution < -0.4 is 10.6 Å². The molecular formula is C17H17ClFN3O4S. The molecule has 0 spiro atoms. The molecule has 2 N–H and O–H groups in total. The molecule has 0 atom stereocenters. The van der Waals surface area contributed by atoms with Crippen molar-refractivity contribution < 1.29 is 22.4 Å². The van der Waals surface area contributed by atoms with E-state index < -0.39 is 21.7 Å². The van der Waals surface area contributed by atoms with Crippen LogP contribution in [-0.4, -0.2) is 38.6 Å². The lowest BCUT2D eigenvalue weighted by molar-refractivity contribution is -0.114. The summed E-state index contributed by atoms with van der Waals surface area (Å²) in [5.41, 5.74) is -0.0404. The minimum Gasteiger partial charge on any atom is -0.326 e. The molecule has 0 aliphatic heterocycles. The average molecular weight is 414 g/mol. The maximum Gasteiger partial charge on any atom is 0.257 e. The first-order valence-electron chi connectivity index (χ1n) is 7.63. The molecule has 0 saturated carbocycles. The maximum absolute atomic E-state index is 14.0. The van der Waals surface area contributed by atoms with Gasteiger partial charge in [0.15, 0.2) is 0 Å². The van der Waals surface area contributed by atoms with Crippen molar-refractivity contribution in [1.29, 1.82) is 0 Å². The van der Waals surface area contributed by atoms with Crippen molar-refractivity contribution in [2.75, 3.05) is 24.7 Å². The molecule has 10 heteroatoms. The second-order valence-corrected chi connectivity index (χ2v) is 8.32. The number of sulfonamides is 1. The van der Waals surface area contributed by atoms with Crippen LogP contribution in [0.2, 0.25) is 5.02 Å². The van der Waals surface area contributed by atoms with Gasteiger partial charge in [0.2, 0.25) is 15.9 Å². The summed E-state index contributed by atoms with van der Waals surface area (Å²) in [6.07, 6.45) is 0. The predicted molar refractivity (Wildman–Crippen MR) is 101 cm³/mol. The third-order valence-corrected chi connectivity index (χ3v) is 5.64. The first-order chi connectivity index (χ1) is 12.5. The Balaban J connectivity index is 2.38. The van der Waals surface area contributed by atoms with Crippen molar-refractivity contribution in [3.8, 4) is 0 Å². The fourth-order valence-electron chi connectivity index (χ4n) is 2.14. The Morgan fingerprint density at radius 1 is 1.07 bits per heavy atom. The Bertz CT molecular complexity index is 1010. The van der Waals surface area contributed by atoms with Crippen LogP contribution in [0.3, 0.4) is 0 Å². The third kappa shape index (κ3) is 4.82. The van der Waals surface area contributed by atoms with Gasteiger partial charge in [0.05, 0.1) is 21.2 Å². The number of halogens is 2. The molecule has 7 nitrogen and oxygen atoms in total. The Hall–Kier alpha value is -2.49. The second-order valence-electron chi connectivity index (χ2n) is 5.76. The average Bonchev–Trinajstić information content (AvgIpc) is 2.57. The molecule has 0 saturated heterocycles. The van der Waals surface area contributed by atoms with E-state index in [9.17, 15) is 22.4 Å². The Kier molecular flexibility index (Phi) is 6.19. The van der Waals surface area contributed by atoms with Crippen LogP contribution in [0, 0.1) is 5.82 Å². The van der Waals surface area contributed by atoms with Crippen LogP contribution in [0.1, 0.15) is 17.3 Å². The summed E-state index contributed by atoms with van der Waals surface area (Å²) in [6.45, 7) is 1.29. The van der Waals surface area contributed by atoms with E-state index in [-0.39, 0.29) is 32.8 Å². The number of carbonyl (C=O) groups is 2. The summed E-state index contributed by atoms with van der Waals surface area (Å²) in [5, 5.41) is 4.80. The molecule has 2 rings (SSSR count). The molecule has 27 heavy (non-hydrogen) atoms. The quantitative estimate of drug-likeness (QED) is 0.787. The summed E-state index contributed by atoms with van der Waals surface area (Å²) < 4.78 is 39.4. The van der Waals surface area contributed by atoms with Crippen LogP contribution in [0.5, 0.6) is 0 Å². The zero-order valence-corrected chi connectivity index (χ0v) is 16.3. The second kappa shape index (κ2) is 8.03. The molecule has 2 amide bonds. The molecule has 144 valence electrons. The van der Waals surface area contributed by atoms with Crippen molar-refractivity contribution in [2.24, 2.45) is 0 Å². The van der Waals surface area contributed by atoms with Crippen molar-refractivity contribution in [2.45, 2.75) is 11.8 Å². The van der Waals surface area contributed by atoms with Crippen molar-refractivity contribution in [3.05, 3.63) is 52.8 Å². The van der Waals surface area contributed by atoms with E-state index >= 15 is 0 Å². The van der Waals surface area contributed by atoms with Crippen molar-refractivity contribution >= 4 is 44.8 Å². The van der Waals surface area contributed by atoms with Gasteiger partial charge in [0.1, 0.15) is 5.82 Å². The van der Waals surface area contributed by atoms with E-state index in [1.54, 1.807) is 0 Å². The Labute approximate surface area is 161 Å². The van der Waals surface area contributed by atoms with Gasteiger partial charge in [0, 0.05) is 26.7 Å². The standard InChI is InChI=1S/C17H17ClFN3O4S/c1-10(23)20-11-4-7-15(19)16(8-11)21-17(24)13-9-12(5-6-14(13)18)27(25,26)22(2)3/h4-9H,1-3H3,(H,20,23)(H,21,24).